The summed E-state index contributed by atoms with van der Waals surface area (Å²) in [6.07, 6.45) is 0. The van der Waals surface area contributed by atoms with Crippen LogP contribution in [0.3, 0.4) is 0 Å². The third-order valence-corrected chi connectivity index (χ3v) is 2.31. The van der Waals surface area contributed by atoms with Gasteiger partial charge in [-0.3, -0.25) is 0 Å². The van der Waals surface area contributed by atoms with Gasteiger partial charge in [-0.15, -0.1) is 0 Å². The lowest BCUT2D eigenvalue weighted by Gasteiger charge is -2.07. The number of nitrogens with zero attached hydrogens (tertiary/aromatic N) is 1. The molecule has 0 saturated carbocycles. The molecule has 0 aromatic heterocycles. The fourth-order valence-electron chi connectivity index (χ4n) is 0.896. The summed E-state index contributed by atoms with van der Waals surface area (Å²) in [5.41, 5.74) is 0.779. The maximum absolute atomic E-state index is 5.83. The van der Waals surface area contributed by atoms with Crippen LogP contribution in [-0.2, 0) is 4.74 Å². The SMILES string of the molecule is CN=C(Nc1ccc(Cl)c(Cl)c1)OC. The van der Waals surface area contributed by atoms with Gasteiger partial charge in [-0.05, 0) is 18.2 Å². The predicted molar refractivity (Wildman–Crippen MR) is 60.5 cm³/mol. The Morgan fingerprint density at radius 3 is 2.57 bits per heavy atom. The zero-order chi connectivity index (χ0) is 10.6. The number of rotatable bonds is 1. The summed E-state index contributed by atoms with van der Waals surface area (Å²) < 4.78 is 4.94. The first-order valence-electron chi connectivity index (χ1n) is 3.90. The second-order valence-corrected chi connectivity index (χ2v) is 3.30. The number of hydrogen-bond donors (Lipinski definition) is 1. The van der Waals surface area contributed by atoms with Gasteiger partial charge >= 0.3 is 0 Å². The van der Waals surface area contributed by atoms with Crippen LogP contribution < -0.4 is 5.32 Å². The molecule has 0 aliphatic rings. The zero-order valence-corrected chi connectivity index (χ0v) is 9.36. The highest BCUT2D eigenvalue weighted by Crippen LogP contribution is 2.24. The minimum Gasteiger partial charge on any atom is -0.468 e. The number of nitrogens with one attached hydrogen (secondary N) is 1. The van der Waals surface area contributed by atoms with Gasteiger partial charge in [0, 0.05) is 12.7 Å². The van der Waals surface area contributed by atoms with E-state index in [0.717, 1.165) is 5.69 Å². The van der Waals surface area contributed by atoms with Crippen molar-refractivity contribution >= 4 is 34.9 Å². The van der Waals surface area contributed by atoms with Crippen molar-refractivity contribution in [1.29, 1.82) is 0 Å². The van der Waals surface area contributed by atoms with Crippen LogP contribution in [0.5, 0.6) is 0 Å². The Bertz CT molecular complexity index is 353. The van der Waals surface area contributed by atoms with E-state index in [1.54, 1.807) is 25.2 Å². The van der Waals surface area contributed by atoms with Crippen LogP contribution in [0, 0.1) is 0 Å². The van der Waals surface area contributed by atoms with Crippen molar-refractivity contribution in [2.45, 2.75) is 0 Å². The highest BCUT2D eigenvalue weighted by atomic mass is 35.5. The van der Waals surface area contributed by atoms with Gasteiger partial charge in [-0.2, -0.15) is 0 Å². The van der Waals surface area contributed by atoms with Gasteiger partial charge in [-0.1, -0.05) is 23.2 Å². The minimum absolute atomic E-state index is 0.420. The molecule has 1 rings (SSSR count). The molecule has 5 heteroatoms. The molecule has 0 unspecified atom stereocenters. The lowest BCUT2D eigenvalue weighted by atomic mass is 10.3. The molecule has 0 aliphatic heterocycles. The Morgan fingerprint density at radius 1 is 1.36 bits per heavy atom. The fourth-order valence-corrected chi connectivity index (χ4v) is 1.19. The second kappa shape index (κ2) is 5.08. The third kappa shape index (κ3) is 2.79. The summed E-state index contributed by atoms with van der Waals surface area (Å²) in [6.45, 7) is 0. The lowest BCUT2D eigenvalue weighted by molar-refractivity contribution is 0.401. The first-order chi connectivity index (χ1) is 6.67. The van der Waals surface area contributed by atoms with Crippen LogP contribution in [0.15, 0.2) is 23.2 Å². The number of methoxy groups -OCH3 is 1. The van der Waals surface area contributed by atoms with E-state index in [1.165, 1.54) is 7.11 Å². The van der Waals surface area contributed by atoms with Gasteiger partial charge in [-0.25, -0.2) is 4.99 Å². The van der Waals surface area contributed by atoms with Crippen LogP contribution in [0.25, 0.3) is 0 Å². The van der Waals surface area contributed by atoms with Gasteiger partial charge in [0.05, 0.1) is 17.2 Å². The quantitative estimate of drug-likeness (QED) is 0.597. The largest absolute Gasteiger partial charge is 0.468 e. The van der Waals surface area contributed by atoms with Crippen LogP contribution >= 0.6 is 23.2 Å². The third-order valence-electron chi connectivity index (χ3n) is 1.57. The van der Waals surface area contributed by atoms with E-state index in [2.05, 4.69) is 10.3 Å². The zero-order valence-electron chi connectivity index (χ0n) is 7.84. The molecule has 0 radical (unpaired) electrons. The molecule has 0 bridgehead atoms. The Kier molecular flexibility index (Phi) is 4.04. The number of hydrogen-bond acceptors (Lipinski definition) is 2. The molecule has 1 aromatic rings. The maximum atomic E-state index is 5.83. The lowest BCUT2D eigenvalue weighted by Crippen LogP contribution is -2.13. The summed E-state index contributed by atoms with van der Waals surface area (Å²) in [5.74, 6) is 0. The van der Waals surface area contributed by atoms with Crippen molar-refractivity contribution in [3.63, 3.8) is 0 Å². The Morgan fingerprint density at radius 2 is 2.07 bits per heavy atom. The number of amidine groups is 1. The van der Waals surface area contributed by atoms with E-state index in [-0.39, 0.29) is 0 Å². The molecule has 76 valence electrons. The molecule has 0 heterocycles. The number of aliphatic imine (C=N–C) groups is 1. The van der Waals surface area contributed by atoms with Crippen molar-refractivity contribution in [1.82, 2.24) is 0 Å². The number of anilines is 1. The molecule has 0 atom stereocenters. The molecule has 14 heavy (non-hydrogen) atoms. The maximum Gasteiger partial charge on any atom is 0.288 e. The highest BCUT2D eigenvalue weighted by molar-refractivity contribution is 6.42. The average Bonchev–Trinajstić information content (AvgIpc) is 2.19. The topological polar surface area (TPSA) is 33.6 Å². The summed E-state index contributed by atoms with van der Waals surface area (Å²) >= 11 is 11.6. The number of halogens is 2. The smallest absolute Gasteiger partial charge is 0.288 e. The van der Waals surface area contributed by atoms with E-state index in [4.69, 9.17) is 27.9 Å². The van der Waals surface area contributed by atoms with Crippen molar-refractivity contribution in [2.24, 2.45) is 4.99 Å². The van der Waals surface area contributed by atoms with Crippen molar-refractivity contribution in [3.8, 4) is 0 Å². The van der Waals surface area contributed by atoms with Gasteiger partial charge in [0.25, 0.3) is 6.02 Å². The second-order valence-electron chi connectivity index (χ2n) is 2.49. The summed E-state index contributed by atoms with van der Waals surface area (Å²) in [6, 6.07) is 5.62. The van der Waals surface area contributed by atoms with Crippen LogP contribution in [0.4, 0.5) is 5.69 Å². The molecule has 1 N–H and O–H groups in total. The molecular formula is C9H10Cl2N2O. The Balaban J connectivity index is 2.82. The van der Waals surface area contributed by atoms with Crippen molar-refractivity contribution < 1.29 is 4.74 Å². The first kappa shape index (κ1) is 11.1. The van der Waals surface area contributed by atoms with E-state index in [0.29, 0.717) is 16.1 Å². The van der Waals surface area contributed by atoms with Gasteiger partial charge in [0.15, 0.2) is 0 Å². The first-order valence-corrected chi connectivity index (χ1v) is 4.66. The van der Waals surface area contributed by atoms with Gasteiger partial charge < -0.3 is 10.1 Å². The number of benzene rings is 1. The average molecular weight is 233 g/mol. The van der Waals surface area contributed by atoms with E-state index in [1.807, 2.05) is 0 Å². The predicted octanol–water partition coefficient (Wildman–Crippen LogP) is 3.04. The van der Waals surface area contributed by atoms with E-state index >= 15 is 0 Å². The normalized spacial score (nSPS) is 11.3. The van der Waals surface area contributed by atoms with Gasteiger partial charge in [0.1, 0.15) is 0 Å². The molecule has 0 amide bonds. The van der Waals surface area contributed by atoms with E-state index < -0.39 is 0 Å². The molecule has 1 aromatic carbocycles. The molecular weight excluding hydrogens is 223 g/mol. The monoisotopic (exact) mass is 232 g/mol. The standard InChI is InChI=1S/C9H10Cl2N2O/c1-12-9(14-2)13-6-3-4-7(10)8(11)5-6/h3-5H,1-2H3,(H,12,13). The fraction of sp³-hybridized carbons (Fsp3) is 0.222. The highest BCUT2D eigenvalue weighted by Gasteiger charge is 2.01. The molecule has 0 spiro atoms. The Hall–Kier alpha value is -0.930. The number of ether oxygens (including phenoxy) is 1. The molecule has 0 fully saturated rings. The summed E-state index contributed by atoms with van der Waals surface area (Å²) in [4.78, 5) is 3.86. The Labute approximate surface area is 92.7 Å². The molecule has 3 nitrogen and oxygen atoms in total. The summed E-state index contributed by atoms with van der Waals surface area (Å²) in [5, 5.41) is 3.94. The minimum atomic E-state index is 0.420. The van der Waals surface area contributed by atoms with Crippen LogP contribution in [0.2, 0.25) is 10.0 Å². The van der Waals surface area contributed by atoms with Crippen LogP contribution in [0.1, 0.15) is 0 Å². The molecule has 0 saturated heterocycles. The van der Waals surface area contributed by atoms with Crippen LogP contribution in [-0.4, -0.2) is 20.2 Å². The van der Waals surface area contributed by atoms with Crippen molar-refractivity contribution in [2.75, 3.05) is 19.5 Å². The van der Waals surface area contributed by atoms with E-state index in [9.17, 15) is 0 Å². The van der Waals surface area contributed by atoms with Crippen molar-refractivity contribution in [3.05, 3.63) is 28.2 Å². The van der Waals surface area contributed by atoms with Gasteiger partial charge in [0.2, 0.25) is 0 Å². The molecule has 0 aliphatic carbocycles. The summed E-state index contributed by atoms with van der Waals surface area (Å²) in [7, 11) is 3.16.